The van der Waals surface area contributed by atoms with Gasteiger partial charge in [0.1, 0.15) is 11.6 Å². The van der Waals surface area contributed by atoms with Crippen LogP contribution in [0, 0.1) is 99.1 Å². The van der Waals surface area contributed by atoms with Crippen LogP contribution in [0.25, 0.3) is 20.2 Å². The number of aryl methyl sites for hydroxylation is 11. The molecule has 2 heterocycles. The molecule has 0 amide bonds. The first-order chi connectivity index (χ1) is 48.7. The van der Waals surface area contributed by atoms with Crippen molar-refractivity contribution in [2.75, 3.05) is 0 Å². The van der Waals surface area contributed by atoms with E-state index in [9.17, 15) is 8.78 Å². The van der Waals surface area contributed by atoms with Crippen LogP contribution in [0.3, 0.4) is 0 Å². The van der Waals surface area contributed by atoms with Crippen molar-refractivity contribution in [2.24, 2.45) is 0 Å². The van der Waals surface area contributed by atoms with Gasteiger partial charge in [0.2, 0.25) is 0 Å². The summed E-state index contributed by atoms with van der Waals surface area (Å²) in [6.45, 7) is 62.4. The highest BCUT2D eigenvalue weighted by atomic mass is 79.9. The maximum atomic E-state index is 13.1. The number of halogens is 4. The molecule has 0 aliphatic carbocycles. The van der Waals surface area contributed by atoms with Gasteiger partial charge in [-0.15, -0.1) is 22.7 Å². The van der Waals surface area contributed by atoms with Crippen LogP contribution < -0.4 is 0 Å². The minimum Gasteiger partial charge on any atom is -0.207 e. The van der Waals surface area contributed by atoms with E-state index < -0.39 is 0 Å². The third kappa shape index (κ3) is 31.4. The molecular formula is C98H129BrClF2NS2. The SMILES string of the molecule is C.Cc1cc(Br)ccc1C(C)C.Cc1cc(C#N)ccc1C(C)C.Cc1cc(C)c(C(C)C)cc1F.Cc1cc(Cl)ccc1C(C)C.Cc1cc2ccsc2cc1C(C)C.Cc1cc2sccc2cc1C(C)C.Cc1ccc(C(C)C)c(C)c1.Cc1ccc(F)cc1C(C)C.Cc1ccccc1C(C)C. The van der Waals surface area contributed by atoms with Gasteiger partial charge in [-0.25, -0.2) is 8.78 Å². The van der Waals surface area contributed by atoms with Crippen LogP contribution in [0.15, 0.2) is 179 Å². The standard InChI is InChI=1S/2C12H14S.C11H15F.C11H13N.C11H16.C10H13Br.C10H13Cl.C10H13F.C10H14.CH4/c1-8(2)11-7-10-4-5-13-12(10)6-9(11)3;1-8(2)11-7-12-10(4-5-13-12)6-9(11)3;1-7(2)10-6-11(12)9(4)5-8(10)3;1-8(2)11-5-4-10(7-12)6-9(11)3;1-8(2)11-6-5-9(3)7-10(11)4;2*1-7(2)10-5-4-9(11)6-8(10)3;1-7(2)10-6-9(11)5-4-8(10)3;1-8(2)10-7-5-4-6-9(10)3;/h2*4-8H,1-3H3;5-7H,1-4H3;4-6,8H,1-3H3;5-8H,1-4H3;3*4-7H,1-3H3;4-8H,1-3H3;1H4. The number of nitriles is 1. The molecule has 0 saturated heterocycles. The Bertz CT molecular complexity index is 4250. The molecule has 0 aliphatic heterocycles. The van der Waals surface area contributed by atoms with Crippen molar-refractivity contribution in [2.45, 2.75) is 261 Å². The van der Waals surface area contributed by atoms with E-state index in [0.29, 0.717) is 53.3 Å². The van der Waals surface area contributed by atoms with E-state index in [0.717, 1.165) is 27.3 Å². The van der Waals surface area contributed by atoms with Gasteiger partial charge in [-0.3, -0.25) is 0 Å². The lowest BCUT2D eigenvalue weighted by molar-refractivity contribution is 0.613. The van der Waals surface area contributed by atoms with Crippen LogP contribution in [0.5, 0.6) is 0 Å². The molecule has 105 heavy (non-hydrogen) atoms. The number of thiophene rings is 2. The summed E-state index contributed by atoms with van der Waals surface area (Å²) in [6.07, 6.45) is 0. The van der Waals surface area contributed by atoms with Gasteiger partial charge in [0, 0.05) is 18.9 Å². The minimum atomic E-state index is -0.140. The van der Waals surface area contributed by atoms with Gasteiger partial charge in [-0.2, -0.15) is 5.26 Å². The molecule has 9 aromatic carbocycles. The summed E-state index contributed by atoms with van der Waals surface area (Å²) in [6, 6.07) is 57.8. The summed E-state index contributed by atoms with van der Waals surface area (Å²) in [7, 11) is 0. The molecule has 11 aromatic rings. The highest BCUT2D eigenvalue weighted by Crippen LogP contribution is 2.32. The van der Waals surface area contributed by atoms with E-state index in [2.05, 4.69) is 316 Å². The first-order valence-corrected chi connectivity index (χ1v) is 40.3. The van der Waals surface area contributed by atoms with E-state index in [1.165, 1.54) is 125 Å². The van der Waals surface area contributed by atoms with Crippen molar-refractivity contribution >= 4 is 70.4 Å². The molecule has 0 aliphatic rings. The van der Waals surface area contributed by atoms with E-state index in [1.54, 1.807) is 19.1 Å². The Labute approximate surface area is 659 Å². The lowest BCUT2D eigenvalue weighted by Crippen LogP contribution is -1.95. The van der Waals surface area contributed by atoms with E-state index >= 15 is 0 Å². The number of fused-ring (bicyclic) bond motifs is 2. The van der Waals surface area contributed by atoms with Crippen LogP contribution >= 0.6 is 50.2 Å². The van der Waals surface area contributed by atoms with Crippen LogP contribution in [-0.4, -0.2) is 0 Å². The molecule has 0 atom stereocenters. The Hall–Kier alpha value is -6.98. The summed E-state index contributed by atoms with van der Waals surface area (Å²) in [5.74, 6) is 4.90. The maximum Gasteiger partial charge on any atom is 0.126 e. The number of rotatable bonds is 9. The predicted octanol–water partition coefficient (Wildman–Crippen LogP) is 33.3. The molecule has 1 nitrogen and oxygen atoms in total. The van der Waals surface area contributed by atoms with Crippen LogP contribution in [0.1, 0.15) is 302 Å². The molecule has 0 radical (unpaired) electrons. The van der Waals surface area contributed by atoms with Crippen LogP contribution in [0.4, 0.5) is 8.78 Å². The van der Waals surface area contributed by atoms with Crippen molar-refractivity contribution in [3.63, 3.8) is 0 Å². The second kappa shape index (κ2) is 46.3. The molecular weight excluding hydrogens is 1410 g/mol. The molecule has 11 rings (SSSR count). The molecule has 0 N–H and O–H groups in total. The van der Waals surface area contributed by atoms with Gasteiger partial charge in [-0.05, 0) is 342 Å². The molecule has 0 saturated carbocycles. The zero-order valence-electron chi connectivity index (χ0n) is 68.7. The van der Waals surface area contributed by atoms with Gasteiger partial charge in [0.05, 0.1) is 11.6 Å². The van der Waals surface area contributed by atoms with Gasteiger partial charge < -0.3 is 0 Å². The topological polar surface area (TPSA) is 23.8 Å². The summed E-state index contributed by atoms with van der Waals surface area (Å²) in [4.78, 5) is 0. The van der Waals surface area contributed by atoms with Crippen LogP contribution in [-0.2, 0) is 0 Å². The number of benzene rings is 9. The van der Waals surface area contributed by atoms with Crippen molar-refractivity contribution in [3.8, 4) is 6.07 Å². The fourth-order valence-corrected chi connectivity index (χ4v) is 15.3. The average molecular weight is 1540 g/mol. The smallest absolute Gasteiger partial charge is 0.126 e. The van der Waals surface area contributed by atoms with E-state index in [4.69, 9.17) is 16.9 Å². The van der Waals surface area contributed by atoms with Gasteiger partial charge in [-0.1, -0.05) is 244 Å². The first kappa shape index (κ1) is 94.1. The highest BCUT2D eigenvalue weighted by Gasteiger charge is 2.11. The predicted molar refractivity (Wildman–Crippen MR) is 472 cm³/mol. The Kier molecular flexibility index (Phi) is 41.5. The van der Waals surface area contributed by atoms with Crippen molar-refractivity contribution in [1.29, 1.82) is 5.26 Å². The number of hydrogen-bond acceptors (Lipinski definition) is 3. The minimum absolute atomic E-state index is 0. The molecule has 566 valence electrons. The molecule has 0 bridgehead atoms. The summed E-state index contributed by atoms with van der Waals surface area (Å²) in [5.41, 5.74) is 27.0. The monoisotopic (exact) mass is 1540 g/mol. The van der Waals surface area contributed by atoms with Crippen molar-refractivity contribution in [1.82, 2.24) is 0 Å². The maximum absolute atomic E-state index is 13.1. The zero-order valence-corrected chi connectivity index (χ0v) is 72.7. The van der Waals surface area contributed by atoms with Gasteiger partial charge in [0.15, 0.2) is 0 Å². The Morgan fingerprint density at radius 1 is 0.324 bits per heavy atom. The Morgan fingerprint density at radius 2 is 0.695 bits per heavy atom. The molecule has 7 heteroatoms. The number of hydrogen-bond donors (Lipinski definition) is 0. The van der Waals surface area contributed by atoms with Crippen LogP contribution in [0.2, 0.25) is 5.02 Å². The second-order valence-corrected chi connectivity index (χ2v) is 33.8. The van der Waals surface area contributed by atoms with Gasteiger partial charge >= 0.3 is 0 Å². The van der Waals surface area contributed by atoms with Crippen molar-refractivity contribution < 1.29 is 8.78 Å². The third-order valence-electron chi connectivity index (χ3n) is 18.5. The first-order valence-electron chi connectivity index (χ1n) is 37.3. The van der Waals surface area contributed by atoms with Gasteiger partial charge in [0.25, 0.3) is 0 Å². The Morgan fingerprint density at radius 3 is 1.14 bits per heavy atom. The largest absolute Gasteiger partial charge is 0.207 e. The second-order valence-electron chi connectivity index (χ2n) is 30.6. The lowest BCUT2D eigenvalue weighted by Gasteiger charge is -2.10. The fraction of sp³-hybridized carbons (Fsp3) is 0.398. The summed E-state index contributed by atoms with van der Waals surface area (Å²) in [5, 5.41) is 16.6. The Balaban J connectivity index is 0.000000401. The summed E-state index contributed by atoms with van der Waals surface area (Å²) >= 11 is 12.9. The zero-order chi connectivity index (χ0) is 78.6. The van der Waals surface area contributed by atoms with E-state index in [1.807, 2.05) is 79.0 Å². The van der Waals surface area contributed by atoms with E-state index in [-0.39, 0.29) is 19.1 Å². The molecule has 0 fully saturated rings. The highest BCUT2D eigenvalue weighted by molar-refractivity contribution is 9.10. The summed E-state index contributed by atoms with van der Waals surface area (Å²) < 4.78 is 29.8. The normalized spacial score (nSPS) is 10.6. The van der Waals surface area contributed by atoms with Crippen molar-refractivity contribution in [3.05, 3.63) is 313 Å². The lowest BCUT2D eigenvalue weighted by atomic mass is 9.96. The molecule has 0 spiro atoms. The fourth-order valence-electron chi connectivity index (χ4n) is 12.9. The quantitative estimate of drug-likeness (QED) is 0.141. The molecule has 2 aromatic heterocycles. The third-order valence-corrected chi connectivity index (χ3v) is 21.0. The average Bonchev–Trinajstić information content (AvgIpc) is 1.74. The number of nitrogens with zero attached hydrogens (tertiary/aromatic N) is 1. The molecule has 0 unspecified atom stereocenters.